The fourth-order valence-electron chi connectivity index (χ4n) is 1.14. The van der Waals surface area contributed by atoms with Crippen molar-refractivity contribution >= 4 is 23.4 Å². The van der Waals surface area contributed by atoms with Gasteiger partial charge in [0.25, 0.3) is 0 Å². The van der Waals surface area contributed by atoms with Crippen LogP contribution in [0.3, 0.4) is 0 Å². The Labute approximate surface area is 95.0 Å². The number of nitrogens with two attached hydrogens (primary N) is 1. The third kappa shape index (κ3) is 3.52. The maximum atomic E-state index is 5.81. The van der Waals surface area contributed by atoms with Crippen molar-refractivity contribution in [3.8, 4) is 0 Å². The van der Waals surface area contributed by atoms with Gasteiger partial charge in [0.05, 0.1) is 0 Å². The van der Waals surface area contributed by atoms with Crippen LogP contribution in [0.5, 0.6) is 0 Å². The van der Waals surface area contributed by atoms with E-state index in [4.69, 9.17) is 17.3 Å². The summed E-state index contributed by atoms with van der Waals surface area (Å²) in [4.78, 5) is 1.23. The van der Waals surface area contributed by atoms with Gasteiger partial charge in [-0.2, -0.15) is 0 Å². The second kappa shape index (κ2) is 5.64. The van der Waals surface area contributed by atoms with Crippen LogP contribution in [-0.2, 0) is 0 Å². The maximum absolute atomic E-state index is 5.81. The Hall–Kier alpha value is -0.180. The minimum atomic E-state index is 0.483. The van der Waals surface area contributed by atoms with Crippen LogP contribution < -0.4 is 5.73 Å². The van der Waals surface area contributed by atoms with Crippen molar-refractivity contribution in [2.45, 2.75) is 24.0 Å². The largest absolute Gasteiger partial charge is 0.329 e. The van der Waals surface area contributed by atoms with E-state index in [1.807, 2.05) is 36.0 Å². The summed E-state index contributed by atoms with van der Waals surface area (Å²) in [6.07, 6.45) is 0. The molecule has 0 saturated carbocycles. The molecule has 78 valence electrons. The number of hydrogen-bond donors (Lipinski definition) is 1. The molecule has 0 aliphatic carbocycles. The van der Waals surface area contributed by atoms with Crippen molar-refractivity contribution in [2.75, 3.05) is 6.54 Å². The van der Waals surface area contributed by atoms with Gasteiger partial charge in [-0.05, 0) is 30.2 Å². The first kappa shape index (κ1) is 11.9. The number of halogens is 1. The van der Waals surface area contributed by atoms with E-state index < -0.39 is 0 Å². The van der Waals surface area contributed by atoms with E-state index in [-0.39, 0.29) is 0 Å². The lowest BCUT2D eigenvalue weighted by Crippen LogP contribution is -2.22. The van der Waals surface area contributed by atoms with Gasteiger partial charge in [0.1, 0.15) is 0 Å². The average Bonchev–Trinajstić information content (AvgIpc) is 2.16. The maximum Gasteiger partial charge on any atom is 0.0406 e. The summed E-state index contributed by atoms with van der Waals surface area (Å²) in [7, 11) is 0. The van der Waals surface area contributed by atoms with Gasteiger partial charge in [0.15, 0.2) is 0 Å². The SMILES string of the molecule is CC(C)C(CN)Sc1ccc(Cl)cc1. The molecular weight excluding hydrogens is 214 g/mol. The van der Waals surface area contributed by atoms with Crippen LogP contribution >= 0.6 is 23.4 Å². The zero-order chi connectivity index (χ0) is 10.6. The molecule has 1 rings (SSSR count). The van der Waals surface area contributed by atoms with Crippen molar-refractivity contribution in [1.29, 1.82) is 0 Å². The van der Waals surface area contributed by atoms with Crippen molar-refractivity contribution < 1.29 is 0 Å². The smallest absolute Gasteiger partial charge is 0.0406 e. The second-order valence-electron chi connectivity index (χ2n) is 3.59. The molecule has 1 atom stereocenters. The van der Waals surface area contributed by atoms with Gasteiger partial charge >= 0.3 is 0 Å². The predicted molar refractivity (Wildman–Crippen MR) is 65.0 cm³/mol. The highest BCUT2D eigenvalue weighted by atomic mass is 35.5. The predicted octanol–water partition coefficient (Wildman–Crippen LogP) is 3.42. The summed E-state index contributed by atoms with van der Waals surface area (Å²) >= 11 is 7.63. The van der Waals surface area contributed by atoms with Gasteiger partial charge in [0, 0.05) is 21.7 Å². The van der Waals surface area contributed by atoms with Crippen LogP contribution in [0.1, 0.15) is 13.8 Å². The van der Waals surface area contributed by atoms with Crippen LogP contribution in [0, 0.1) is 5.92 Å². The van der Waals surface area contributed by atoms with Crippen LogP contribution in [0.4, 0.5) is 0 Å². The Bertz CT molecular complexity index is 271. The Morgan fingerprint density at radius 2 is 1.86 bits per heavy atom. The molecule has 0 saturated heterocycles. The molecule has 1 nitrogen and oxygen atoms in total. The molecule has 0 amide bonds. The van der Waals surface area contributed by atoms with Gasteiger partial charge in [-0.15, -0.1) is 11.8 Å². The number of thioether (sulfide) groups is 1. The zero-order valence-electron chi connectivity index (χ0n) is 8.53. The Kier molecular flexibility index (Phi) is 4.79. The van der Waals surface area contributed by atoms with E-state index in [2.05, 4.69) is 13.8 Å². The van der Waals surface area contributed by atoms with Gasteiger partial charge in [-0.1, -0.05) is 25.4 Å². The van der Waals surface area contributed by atoms with Crippen LogP contribution in [0.2, 0.25) is 5.02 Å². The zero-order valence-corrected chi connectivity index (χ0v) is 10.1. The number of rotatable bonds is 4. The number of benzene rings is 1. The van der Waals surface area contributed by atoms with Crippen molar-refractivity contribution in [2.24, 2.45) is 11.7 Å². The van der Waals surface area contributed by atoms with Crippen molar-refractivity contribution in [3.05, 3.63) is 29.3 Å². The topological polar surface area (TPSA) is 26.0 Å². The molecule has 1 aromatic rings. The fraction of sp³-hybridized carbons (Fsp3) is 0.455. The first-order valence-electron chi connectivity index (χ1n) is 4.75. The fourth-order valence-corrected chi connectivity index (χ4v) is 2.28. The second-order valence-corrected chi connectivity index (χ2v) is 5.34. The van der Waals surface area contributed by atoms with Crippen molar-refractivity contribution in [3.63, 3.8) is 0 Å². The van der Waals surface area contributed by atoms with E-state index in [0.29, 0.717) is 17.7 Å². The third-order valence-electron chi connectivity index (χ3n) is 2.08. The monoisotopic (exact) mass is 229 g/mol. The normalized spacial score (nSPS) is 13.2. The molecule has 1 aromatic carbocycles. The lowest BCUT2D eigenvalue weighted by atomic mass is 10.1. The summed E-state index contributed by atoms with van der Waals surface area (Å²) in [5, 5.41) is 1.26. The molecule has 0 aromatic heterocycles. The van der Waals surface area contributed by atoms with E-state index in [9.17, 15) is 0 Å². The Morgan fingerprint density at radius 3 is 2.29 bits per heavy atom. The molecule has 1 unspecified atom stereocenters. The Balaban J connectivity index is 2.63. The van der Waals surface area contributed by atoms with E-state index >= 15 is 0 Å². The van der Waals surface area contributed by atoms with E-state index in [1.54, 1.807) is 0 Å². The molecular formula is C11H16ClNS. The first-order valence-corrected chi connectivity index (χ1v) is 6.01. The van der Waals surface area contributed by atoms with Crippen LogP contribution in [0.25, 0.3) is 0 Å². The highest BCUT2D eigenvalue weighted by Gasteiger charge is 2.12. The average molecular weight is 230 g/mol. The minimum absolute atomic E-state index is 0.483. The third-order valence-corrected chi connectivity index (χ3v) is 3.91. The lowest BCUT2D eigenvalue weighted by Gasteiger charge is -2.17. The molecule has 3 heteroatoms. The van der Waals surface area contributed by atoms with Crippen LogP contribution in [0.15, 0.2) is 29.2 Å². The standard InChI is InChI=1S/C11H16ClNS/c1-8(2)11(7-13)14-10-5-3-9(12)4-6-10/h3-6,8,11H,7,13H2,1-2H3. The van der Waals surface area contributed by atoms with E-state index in [1.165, 1.54) is 4.90 Å². The molecule has 0 aliphatic heterocycles. The molecule has 2 N–H and O–H groups in total. The molecule has 0 radical (unpaired) electrons. The summed E-state index contributed by atoms with van der Waals surface area (Å²) in [5.41, 5.74) is 5.70. The summed E-state index contributed by atoms with van der Waals surface area (Å²) in [6.45, 7) is 5.10. The highest BCUT2D eigenvalue weighted by molar-refractivity contribution is 8.00. The van der Waals surface area contributed by atoms with Gasteiger partial charge in [0.2, 0.25) is 0 Å². The summed E-state index contributed by atoms with van der Waals surface area (Å²) in [5.74, 6) is 0.598. The molecule has 0 aliphatic rings. The minimum Gasteiger partial charge on any atom is -0.329 e. The van der Waals surface area contributed by atoms with Crippen LogP contribution in [-0.4, -0.2) is 11.8 Å². The van der Waals surface area contributed by atoms with E-state index in [0.717, 1.165) is 5.02 Å². The van der Waals surface area contributed by atoms with Gasteiger partial charge < -0.3 is 5.73 Å². The molecule has 0 fully saturated rings. The molecule has 0 spiro atoms. The van der Waals surface area contributed by atoms with Crippen molar-refractivity contribution in [1.82, 2.24) is 0 Å². The quantitative estimate of drug-likeness (QED) is 0.801. The molecule has 0 heterocycles. The lowest BCUT2D eigenvalue weighted by molar-refractivity contribution is 0.613. The summed E-state index contributed by atoms with van der Waals surface area (Å²) < 4.78 is 0. The number of hydrogen-bond acceptors (Lipinski definition) is 2. The summed E-state index contributed by atoms with van der Waals surface area (Å²) in [6, 6.07) is 7.91. The highest BCUT2D eigenvalue weighted by Crippen LogP contribution is 2.28. The first-order chi connectivity index (χ1) is 6.63. The van der Waals surface area contributed by atoms with Gasteiger partial charge in [-0.3, -0.25) is 0 Å². The Morgan fingerprint density at radius 1 is 1.29 bits per heavy atom. The van der Waals surface area contributed by atoms with Gasteiger partial charge in [-0.25, -0.2) is 0 Å². The molecule has 14 heavy (non-hydrogen) atoms. The molecule has 0 bridgehead atoms.